The minimum atomic E-state index is -4.05. The Morgan fingerprint density at radius 1 is 1.13 bits per heavy atom. The van der Waals surface area contributed by atoms with Crippen LogP contribution in [0.2, 0.25) is 10.0 Å². The second-order valence-corrected chi connectivity index (χ2v) is 12.5. The third-order valence-electron chi connectivity index (χ3n) is 6.83. The molecule has 0 aromatic heterocycles. The molecule has 0 heterocycles. The number of nitro benzene ring substituents is 1. The predicted octanol–water partition coefficient (Wildman–Crippen LogP) is 4.84. The highest BCUT2D eigenvalue weighted by Crippen LogP contribution is 2.29. The van der Waals surface area contributed by atoms with Crippen LogP contribution in [0.5, 0.6) is 0 Å². The van der Waals surface area contributed by atoms with E-state index in [4.69, 9.17) is 23.2 Å². The highest BCUT2D eigenvalue weighted by Gasteiger charge is 2.32. The Balaban J connectivity index is 1.96. The summed E-state index contributed by atoms with van der Waals surface area (Å²) in [6.45, 7) is 2.41. The van der Waals surface area contributed by atoms with E-state index in [1.165, 1.54) is 23.1 Å². The van der Waals surface area contributed by atoms with Crippen molar-refractivity contribution in [2.24, 2.45) is 0 Å². The van der Waals surface area contributed by atoms with Crippen LogP contribution in [0.1, 0.15) is 50.2 Å². The molecule has 0 radical (unpaired) electrons. The van der Waals surface area contributed by atoms with Gasteiger partial charge in [0.1, 0.15) is 12.6 Å². The average molecular weight is 600 g/mol. The van der Waals surface area contributed by atoms with Gasteiger partial charge in [-0.1, -0.05) is 54.6 Å². The molecule has 1 fully saturated rings. The number of hydrogen-bond donors (Lipinski definition) is 1. The number of halogens is 2. The number of aryl methyl sites for hydroxylation is 1. The monoisotopic (exact) mass is 598 g/mol. The highest BCUT2D eigenvalue weighted by molar-refractivity contribution is 7.92. The van der Waals surface area contributed by atoms with Crippen molar-refractivity contribution in [2.45, 2.75) is 64.6 Å². The van der Waals surface area contributed by atoms with Crippen LogP contribution in [0.3, 0.4) is 0 Å². The summed E-state index contributed by atoms with van der Waals surface area (Å²) in [4.78, 5) is 39.0. The number of non-ortho nitro benzene ring substituents is 1. The van der Waals surface area contributed by atoms with E-state index in [1.54, 1.807) is 26.0 Å². The van der Waals surface area contributed by atoms with Crippen LogP contribution in [0.4, 0.5) is 11.4 Å². The maximum absolute atomic E-state index is 13.8. The van der Waals surface area contributed by atoms with Crippen molar-refractivity contribution in [1.82, 2.24) is 10.2 Å². The lowest BCUT2D eigenvalue weighted by atomic mass is 9.95. The van der Waals surface area contributed by atoms with E-state index in [9.17, 15) is 28.1 Å². The summed E-state index contributed by atoms with van der Waals surface area (Å²) in [7, 11) is -4.05. The van der Waals surface area contributed by atoms with E-state index >= 15 is 0 Å². The van der Waals surface area contributed by atoms with Crippen molar-refractivity contribution in [3.8, 4) is 0 Å². The smallest absolute Gasteiger partial charge is 0.271 e. The number of benzene rings is 2. The molecule has 1 atom stereocenters. The normalized spacial score (nSPS) is 14.9. The Kier molecular flexibility index (Phi) is 10.2. The lowest BCUT2D eigenvalue weighted by Gasteiger charge is -2.33. The van der Waals surface area contributed by atoms with Crippen LogP contribution in [-0.4, -0.2) is 54.9 Å². The molecular formula is C26H32Cl2N4O6S. The molecule has 2 amide bonds. The summed E-state index contributed by atoms with van der Waals surface area (Å²) < 4.78 is 26.4. The zero-order valence-corrected chi connectivity index (χ0v) is 24.4. The molecule has 1 aliphatic carbocycles. The van der Waals surface area contributed by atoms with Crippen molar-refractivity contribution in [3.63, 3.8) is 0 Å². The first-order valence-corrected chi connectivity index (χ1v) is 15.1. The van der Waals surface area contributed by atoms with E-state index in [0.717, 1.165) is 48.7 Å². The maximum atomic E-state index is 13.8. The van der Waals surface area contributed by atoms with Crippen LogP contribution < -0.4 is 9.62 Å². The second-order valence-electron chi connectivity index (χ2n) is 9.77. The Morgan fingerprint density at radius 2 is 1.79 bits per heavy atom. The van der Waals surface area contributed by atoms with Crippen LogP contribution in [0.15, 0.2) is 36.4 Å². The number of nitro groups is 1. The van der Waals surface area contributed by atoms with Gasteiger partial charge in [-0.3, -0.25) is 24.0 Å². The number of hydrogen-bond acceptors (Lipinski definition) is 6. The van der Waals surface area contributed by atoms with Crippen LogP contribution in [0, 0.1) is 17.0 Å². The van der Waals surface area contributed by atoms with Gasteiger partial charge in [0.2, 0.25) is 21.8 Å². The van der Waals surface area contributed by atoms with Gasteiger partial charge in [0.05, 0.1) is 16.9 Å². The van der Waals surface area contributed by atoms with Crippen molar-refractivity contribution in [3.05, 3.63) is 67.7 Å². The van der Waals surface area contributed by atoms with E-state index in [0.29, 0.717) is 16.1 Å². The molecule has 2 aromatic carbocycles. The zero-order chi connectivity index (χ0) is 28.9. The highest BCUT2D eigenvalue weighted by atomic mass is 35.5. The summed E-state index contributed by atoms with van der Waals surface area (Å²) in [6, 6.07) is 7.59. The van der Waals surface area contributed by atoms with Crippen molar-refractivity contribution in [1.29, 1.82) is 0 Å². The Hall–Kier alpha value is -2.89. The van der Waals surface area contributed by atoms with Gasteiger partial charge in [-0.05, 0) is 49.9 Å². The Labute approximate surface area is 238 Å². The zero-order valence-electron chi connectivity index (χ0n) is 22.0. The molecular weight excluding hydrogens is 567 g/mol. The standard InChI is InChI=1S/C26H32Cl2N4O6S/c1-17-9-12-22(32(35)36)14-24(17)31(39(3,37)38)16-25(33)30(15-19-10-11-20(27)13-23(19)28)18(2)26(34)29-21-7-5-4-6-8-21/h9-14,18,21H,4-8,15-16H2,1-3H3,(H,29,34)/t18-/m0/s1. The lowest BCUT2D eigenvalue weighted by Crippen LogP contribution is -2.53. The quantitative estimate of drug-likeness (QED) is 0.307. The number of nitrogens with zero attached hydrogens (tertiary/aromatic N) is 3. The van der Waals surface area contributed by atoms with E-state index in [1.807, 2.05) is 0 Å². The minimum Gasteiger partial charge on any atom is -0.352 e. The third-order valence-corrected chi connectivity index (χ3v) is 8.54. The fraction of sp³-hybridized carbons (Fsp3) is 0.462. The number of anilines is 1. The average Bonchev–Trinajstić information content (AvgIpc) is 2.86. The molecule has 1 N–H and O–H groups in total. The van der Waals surface area contributed by atoms with Crippen LogP contribution in [0.25, 0.3) is 0 Å². The molecule has 0 bridgehead atoms. The van der Waals surface area contributed by atoms with E-state index in [-0.39, 0.29) is 34.9 Å². The van der Waals surface area contributed by atoms with Gasteiger partial charge >= 0.3 is 0 Å². The molecule has 0 unspecified atom stereocenters. The SMILES string of the molecule is Cc1ccc([N+](=O)[O-])cc1N(CC(=O)N(Cc1ccc(Cl)cc1Cl)[C@@H](C)C(=O)NC1CCCCC1)S(C)(=O)=O. The molecule has 1 aliphatic rings. The number of carbonyl (C=O) groups is 2. The molecule has 0 aliphatic heterocycles. The van der Waals surface area contributed by atoms with Gasteiger partial charge in [0, 0.05) is 34.8 Å². The van der Waals surface area contributed by atoms with Crippen molar-refractivity contribution in [2.75, 3.05) is 17.1 Å². The molecule has 212 valence electrons. The molecule has 1 saturated carbocycles. The first kappa shape index (κ1) is 30.6. The maximum Gasteiger partial charge on any atom is 0.271 e. The third kappa shape index (κ3) is 8.06. The van der Waals surface area contributed by atoms with Gasteiger partial charge in [-0.15, -0.1) is 0 Å². The van der Waals surface area contributed by atoms with Crippen LogP contribution in [-0.2, 0) is 26.2 Å². The topological polar surface area (TPSA) is 130 Å². The number of carbonyl (C=O) groups excluding carboxylic acids is 2. The van der Waals surface area contributed by atoms with Gasteiger partial charge in [-0.25, -0.2) is 8.42 Å². The fourth-order valence-corrected chi connectivity index (χ4v) is 5.93. The van der Waals surface area contributed by atoms with E-state index < -0.39 is 33.4 Å². The number of rotatable bonds is 10. The summed E-state index contributed by atoms with van der Waals surface area (Å²) in [5.74, 6) is -1.04. The second kappa shape index (κ2) is 13.0. The minimum absolute atomic E-state index is 0.00355. The molecule has 0 spiro atoms. The lowest BCUT2D eigenvalue weighted by molar-refractivity contribution is -0.384. The van der Waals surface area contributed by atoms with Crippen molar-refractivity contribution < 1.29 is 22.9 Å². The first-order chi connectivity index (χ1) is 18.3. The fourth-order valence-electron chi connectivity index (χ4n) is 4.56. The molecule has 10 nitrogen and oxygen atoms in total. The van der Waals surface area contributed by atoms with Crippen molar-refractivity contribution >= 4 is 56.4 Å². The predicted molar refractivity (Wildman–Crippen MR) is 152 cm³/mol. The summed E-state index contributed by atoms with van der Waals surface area (Å²) in [6.07, 6.45) is 5.74. The number of sulfonamides is 1. The Morgan fingerprint density at radius 3 is 2.38 bits per heavy atom. The van der Waals surface area contributed by atoms with Gasteiger partial charge in [0.15, 0.2) is 0 Å². The summed E-state index contributed by atoms with van der Waals surface area (Å²) in [5, 5.41) is 15.0. The number of nitrogens with one attached hydrogen (secondary N) is 1. The van der Waals surface area contributed by atoms with Gasteiger partial charge in [-0.2, -0.15) is 0 Å². The van der Waals surface area contributed by atoms with Gasteiger partial charge in [0.25, 0.3) is 5.69 Å². The molecule has 13 heteroatoms. The number of amides is 2. The molecule has 0 saturated heterocycles. The summed E-state index contributed by atoms with van der Waals surface area (Å²) >= 11 is 12.4. The molecule has 2 aromatic rings. The van der Waals surface area contributed by atoms with Crippen LogP contribution >= 0.6 is 23.2 Å². The van der Waals surface area contributed by atoms with Gasteiger partial charge < -0.3 is 10.2 Å². The largest absolute Gasteiger partial charge is 0.352 e. The first-order valence-electron chi connectivity index (χ1n) is 12.5. The molecule has 39 heavy (non-hydrogen) atoms. The summed E-state index contributed by atoms with van der Waals surface area (Å²) in [5.41, 5.74) is 0.629. The molecule has 3 rings (SSSR count). The van der Waals surface area contributed by atoms with E-state index in [2.05, 4.69) is 5.32 Å². The Bertz CT molecular complexity index is 1350.